The average Bonchev–Trinajstić information content (AvgIpc) is 2.73. The smallest absolute Gasteiger partial charge is 0.0963 e. The van der Waals surface area contributed by atoms with Crippen LogP contribution >= 0.6 is 0 Å². The van der Waals surface area contributed by atoms with Gasteiger partial charge in [0.1, 0.15) is 0 Å². The van der Waals surface area contributed by atoms with Gasteiger partial charge in [-0.15, -0.1) is 0 Å². The first-order chi connectivity index (χ1) is 9.93. The van der Waals surface area contributed by atoms with Gasteiger partial charge in [0.25, 0.3) is 0 Å². The Balaban J connectivity index is 1.79. The largest absolute Gasteiger partial charge is 0.374 e. The monoisotopic (exact) mass is 280 g/mol. The third kappa shape index (κ3) is 10.3. The maximum absolute atomic E-state index is 4.61. The fourth-order valence-electron chi connectivity index (χ4n) is 2.86. The van der Waals surface area contributed by atoms with Gasteiger partial charge < -0.3 is 5.32 Å². The van der Waals surface area contributed by atoms with Crippen molar-refractivity contribution < 1.29 is 0 Å². The molecule has 0 fully saturated rings. The van der Waals surface area contributed by atoms with Crippen LogP contribution in [-0.2, 0) is 0 Å². The number of rotatable bonds is 11. The highest BCUT2D eigenvalue weighted by atomic mass is 15.0. The van der Waals surface area contributed by atoms with Crippen molar-refractivity contribution in [3.63, 3.8) is 0 Å². The SMILES string of the molecule is CCCCCCCCCCCCNC1=NCCCCC1. The molecule has 0 atom stereocenters. The first-order valence-electron chi connectivity index (χ1n) is 9.20. The van der Waals surface area contributed by atoms with Gasteiger partial charge in [0.2, 0.25) is 0 Å². The van der Waals surface area contributed by atoms with Crippen molar-refractivity contribution in [1.29, 1.82) is 0 Å². The number of aliphatic imine (C=N–C) groups is 1. The van der Waals surface area contributed by atoms with Crippen LogP contribution in [0.2, 0.25) is 0 Å². The molecule has 0 aromatic rings. The quantitative estimate of drug-likeness (QED) is 0.499. The van der Waals surface area contributed by atoms with E-state index < -0.39 is 0 Å². The zero-order valence-electron chi connectivity index (χ0n) is 13.8. The van der Waals surface area contributed by atoms with Crippen LogP contribution in [-0.4, -0.2) is 18.9 Å². The predicted molar refractivity (Wildman–Crippen MR) is 90.6 cm³/mol. The Morgan fingerprint density at radius 3 is 2.15 bits per heavy atom. The van der Waals surface area contributed by atoms with Crippen LogP contribution < -0.4 is 5.32 Å². The Labute approximate surface area is 126 Å². The van der Waals surface area contributed by atoms with Crippen LogP contribution in [0, 0.1) is 0 Å². The van der Waals surface area contributed by atoms with E-state index >= 15 is 0 Å². The second-order valence-electron chi connectivity index (χ2n) is 6.25. The van der Waals surface area contributed by atoms with Gasteiger partial charge in [-0.2, -0.15) is 0 Å². The molecule has 0 saturated carbocycles. The topological polar surface area (TPSA) is 24.4 Å². The van der Waals surface area contributed by atoms with Gasteiger partial charge in [-0.05, 0) is 19.3 Å². The van der Waals surface area contributed by atoms with E-state index in [-0.39, 0.29) is 0 Å². The molecule has 0 spiro atoms. The summed E-state index contributed by atoms with van der Waals surface area (Å²) in [4.78, 5) is 4.61. The van der Waals surface area contributed by atoms with Crippen LogP contribution in [0.15, 0.2) is 4.99 Å². The van der Waals surface area contributed by atoms with Gasteiger partial charge in [0.15, 0.2) is 0 Å². The lowest BCUT2D eigenvalue weighted by molar-refractivity contribution is 0.554. The van der Waals surface area contributed by atoms with Crippen LogP contribution in [0.5, 0.6) is 0 Å². The number of hydrogen-bond acceptors (Lipinski definition) is 2. The molecule has 0 saturated heterocycles. The summed E-state index contributed by atoms with van der Waals surface area (Å²) >= 11 is 0. The normalized spacial score (nSPS) is 15.8. The van der Waals surface area contributed by atoms with E-state index in [1.165, 1.54) is 95.7 Å². The number of unbranched alkanes of at least 4 members (excludes halogenated alkanes) is 9. The highest BCUT2D eigenvalue weighted by Gasteiger charge is 2.02. The molecule has 1 heterocycles. The molecule has 1 aliphatic heterocycles. The Morgan fingerprint density at radius 2 is 1.45 bits per heavy atom. The first kappa shape index (κ1) is 17.5. The van der Waals surface area contributed by atoms with E-state index in [0.717, 1.165) is 13.1 Å². The zero-order valence-corrected chi connectivity index (χ0v) is 13.8. The van der Waals surface area contributed by atoms with E-state index in [1.807, 2.05) is 0 Å². The summed E-state index contributed by atoms with van der Waals surface area (Å²) in [5, 5.41) is 3.54. The third-order valence-corrected chi connectivity index (χ3v) is 4.23. The van der Waals surface area contributed by atoms with Crippen molar-refractivity contribution in [3.05, 3.63) is 0 Å². The highest BCUT2D eigenvalue weighted by Crippen LogP contribution is 2.10. The molecular formula is C18H36N2. The lowest BCUT2D eigenvalue weighted by Crippen LogP contribution is -2.24. The van der Waals surface area contributed by atoms with Gasteiger partial charge in [0.05, 0.1) is 5.84 Å². The van der Waals surface area contributed by atoms with E-state index in [1.54, 1.807) is 0 Å². The Bertz CT molecular complexity index is 236. The zero-order chi connectivity index (χ0) is 14.3. The standard InChI is InChI=1S/C18H36N2/c1-2-3-4-5-6-7-8-9-10-13-16-19-18-15-12-11-14-17-20-18/h2-17H2,1H3,(H,19,20). The molecule has 0 aromatic carbocycles. The summed E-state index contributed by atoms with van der Waals surface area (Å²) in [7, 11) is 0. The van der Waals surface area contributed by atoms with Crippen molar-refractivity contribution in [3.8, 4) is 0 Å². The summed E-state index contributed by atoms with van der Waals surface area (Å²) in [6.45, 7) is 4.46. The van der Waals surface area contributed by atoms with E-state index in [9.17, 15) is 0 Å². The van der Waals surface area contributed by atoms with E-state index in [2.05, 4.69) is 17.2 Å². The maximum Gasteiger partial charge on any atom is 0.0963 e. The predicted octanol–water partition coefficient (Wildman–Crippen LogP) is 5.47. The van der Waals surface area contributed by atoms with Crippen LogP contribution in [0.3, 0.4) is 0 Å². The Kier molecular flexibility index (Phi) is 11.8. The molecule has 0 amide bonds. The Hall–Kier alpha value is -0.530. The lowest BCUT2D eigenvalue weighted by Gasteiger charge is -2.08. The summed E-state index contributed by atoms with van der Waals surface area (Å²) in [6.07, 6.45) is 19.3. The number of nitrogens with zero attached hydrogens (tertiary/aromatic N) is 1. The molecule has 1 rings (SSSR count). The summed E-state index contributed by atoms with van der Waals surface area (Å²) < 4.78 is 0. The number of hydrogen-bond donors (Lipinski definition) is 1. The van der Waals surface area contributed by atoms with Crippen LogP contribution in [0.25, 0.3) is 0 Å². The van der Waals surface area contributed by atoms with Gasteiger partial charge in [-0.1, -0.05) is 71.1 Å². The maximum atomic E-state index is 4.61. The molecule has 0 bridgehead atoms. The molecule has 1 N–H and O–H groups in total. The summed E-state index contributed by atoms with van der Waals surface area (Å²) in [6, 6.07) is 0. The van der Waals surface area contributed by atoms with Crippen LogP contribution in [0.4, 0.5) is 0 Å². The Morgan fingerprint density at radius 1 is 0.800 bits per heavy atom. The molecule has 0 aromatic heterocycles. The molecule has 0 aliphatic carbocycles. The second-order valence-corrected chi connectivity index (χ2v) is 6.25. The minimum Gasteiger partial charge on any atom is -0.374 e. The minimum atomic E-state index is 1.04. The number of nitrogens with one attached hydrogen (secondary N) is 1. The van der Waals surface area contributed by atoms with Crippen molar-refractivity contribution in [2.24, 2.45) is 4.99 Å². The van der Waals surface area contributed by atoms with Gasteiger partial charge in [-0.25, -0.2) is 0 Å². The fourth-order valence-corrected chi connectivity index (χ4v) is 2.86. The average molecular weight is 280 g/mol. The summed E-state index contributed by atoms with van der Waals surface area (Å²) in [5.41, 5.74) is 0. The first-order valence-corrected chi connectivity index (χ1v) is 9.20. The minimum absolute atomic E-state index is 1.04. The third-order valence-electron chi connectivity index (χ3n) is 4.23. The molecule has 2 nitrogen and oxygen atoms in total. The molecule has 118 valence electrons. The molecule has 20 heavy (non-hydrogen) atoms. The molecule has 1 aliphatic rings. The molecule has 0 radical (unpaired) electrons. The van der Waals surface area contributed by atoms with Crippen molar-refractivity contribution in [2.75, 3.05) is 13.1 Å². The lowest BCUT2D eigenvalue weighted by atomic mass is 10.1. The summed E-state index contributed by atoms with van der Waals surface area (Å²) in [5.74, 6) is 1.28. The van der Waals surface area contributed by atoms with Crippen LogP contribution in [0.1, 0.15) is 96.8 Å². The number of amidine groups is 1. The van der Waals surface area contributed by atoms with Crippen molar-refractivity contribution >= 4 is 5.84 Å². The van der Waals surface area contributed by atoms with Crippen molar-refractivity contribution in [1.82, 2.24) is 5.32 Å². The second kappa shape index (κ2) is 13.5. The van der Waals surface area contributed by atoms with Gasteiger partial charge in [0, 0.05) is 19.5 Å². The highest BCUT2D eigenvalue weighted by molar-refractivity contribution is 5.82. The molecule has 2 heteroatoms. The van der Waals surface area contributed by atoms with E-state index in [0.29, 0.717) is 0 Å². The van der Waals surface area contributed by atoms with Gasteiger partial charge in [-0.3, -0.25) is 4.99 Å². The molecule has 0 unspecified atom stereocenters. The van der Waals surface area contributed by atoms with Crippen molar-refractivity contribution in [2.45, 2.75) is 96.8 Å². The van der Waals surface area contributed by atoms with E-state index in [4.69, 9.17) is 0 Å². The fraction of sp³-hybridized carbons (Fsp3) is 0.944. The van der Waals surface area contributed by atoms with Gasteiger partial charge >= 0.3 is 0 Å². The molecular weight excluding hydrogens is 244 g/mol.